The first-order valence-corrected chi connectivity index (χ1v) is 9.58. The van der Waals surface area contributed by atoms with Crippen LogP contribution in [0.1, 0.15) is 17.3 Å². The van der Waals surface area contributed by atoms with Crippen molar-refractivity contribution in [2.75, 3.05) is 32.7 Å². The second-order valence-corrected chi connectivity index (χ2v) is 8.06. The van der Waals surface area contributed by atoms with Crippen LogP contribution in [0.25, 0.3) is 0 Å². The van der Waals surface area contributed by atoms with Crippen LogP contribution in [-0.4, -0.2) is 60.5 Å². The van der Waals surface area contributed by atoms with Crippen LogP contribution in [0, 0.1) is 19.7 Å². The molecule has 2 heterocycles. The number of sulfonamides is 1. The molecule has 1 saturated heterocycles. The van der Waals surface area contributed by atoms with Gasteiger partial charge < -0.3 is 9.32 Å². The highest BCUT2D eigenvalue weighted by molar-refractivity contribution is 7.89. The first kappa shape index (κ1) is 18.0. The lowest BCUT2D eigenvalue weighted by Gasteiger charge is -2.33. The van der Waals surface area contributed by atoms with Gasteiger partial charge >= 0.3 is 0 Å². The molecule has 0 N–H and O–H groups in total. The first-order chi connectivity index (χ1) is 11.9. The van der Waals surface area contributed by atoms with Gasteiger partial charge in [-0.05, 0) is 30.7 Å². The van der Waals surface area contributed by atoms with Crippen molar-refractivity contribution in [3.63, 3.8) is 0 Å². The highest BCUT2D eigenvalue weighted by atomic mass is 32.2. The molecule has 1 fully saturated rings. The third kappa shape index (κ3) is 4.05. The standard InChI is InChI=1S/C16H21FN4O3S/c1-12-11-14(3-4-15(12)17)25(22,23)21-9-7-20(8-10-21)6-5-16-19-18-13(2)24-16/h3-4,11H,5-10H2,1-2H3. The summed E-state index contributed by atoms with van der Waals surface area (Å²) < 4.78 is 45.6. The number of piperazine rings is 1. The minimum atomic E-state index is -3.59. The maximum Gasteiger partial charge on any atom is 0.243 e. The van der Waals surface area contributed by atoms with Gasteiger partial charge in [0.15, 0.2) is 0 Å². The van der Waals surface area contributed by atoms with Crippen LogP contribution in [-0.2, 0) is 16.4 Å². The van der Waals surface area contributed by atoms with E-state index in [1.807, 2.05) is 0 Å². The molecule has 25 heavy (non-hydrogen) atoms. The number of hydrogen-bond acceptors (Lipinski definition) is 6. The molecule has 3 rings (SSSR count). The summed E-state index contributed by atoms with van der Waals surface area (Å²) in [6, 6.07) is 3.90. The van der Waals surface area contributed by atoms with Gasteiger partial charge in [-0.3, -0.25) is 0 Å². The Hall–Kier alpha value is -1.84. The van der Waals surface area contributed by atoms with Gasteiger partial charge in [-0.1, -0.05) is 0 Å². The van der Waals surface area contributed by atoms with Crippen molar-refractivity contribution in [3.05, 3.63) is 41.4 Å². The summed E-state index contributed by atoms with van der Waals surface area (Å²) in [6.45, 7) is 6.12. The second kappa shape index (κ2) is 7.19. The zero-order valence-electron chi connectivity index (χ0n) is 14.3. The van der Waals surface area contributed by atoms with Gasteiger partial charge in [0.2, 0.25) is 21.8 Å². The summed E-state index contributed by atoms with van der Waals surface area (Å²) in [5, 5.41) is 7.75. The minimum Gasteiger partial charge on any atom is -0.426 e. The molecule has 2 aromatic rings. The summed E-state index contributed by atoms with van der Waals surface area (Å²) in [5.74, 6) is 0.731. The zero-order chi connectivity index (χ0) is 18.0. The summed E-state index contributed by atoms with van der Waals surface area (Å²) >= 11 is 0. The van der Waals surface area contributed by atoms with Crippen LogP contribution in [0.5, 0.6) is 0 Å². The van der Waals surface area contributed by atoms with Gasteiger partial charge in [0, 0.05) is 46.1 Å². The van der Waals surface area contributed by atoms with E-state index in [-0.39, 0.29) is 4.90 Å². The Morgan fingerprint density at radius 2 is 1.88 bits per heavy atom. The SMILES string of the molecule is Cc1nnc(CCN2CCN(S(=O)(=O)c3ccc(F)c(C)c3)CC2)o1. The smallest absolute Gasteiger partial charge is 0.243 e. The van der Waals surface area contributed by atoms with Gasteiger partial charge in [0.25, 0.3) is 0 Å². The Labute approximate surface area is 146 Å². The Balaban J connectivity index is 1.58. The van der Waals surface area contributed by atoms with Crippen molar-refractivity contribution in [1.29, 1.82) is 0 Å². The number of rotatable bonds is 5. The van der Waals surface area contributed by atoms with Crippen LogP contribution in [0.2, 0.25) is 0 Å². The van der Waals surface area contributed by atoms with E-state index in [0.29, 0.717) is 49.9 Å². The molecule has 0 aliphatic carbocycles. The first-order valence-electron chi connectivity index (χ1n) is 8.14. The zero-order valence-corrected chi connectivity index (χ0v) is 15.1. The third-order valence-corrected chi connectivity index (χ3v) is 6.20. The summed E-state index contributed by atoms with van der Waals surface area (Å²) in [4.78, 5) is 2.31. The van der Waals surface area contributed by atoms with Gasteiger partial charge in [-0.2, -0.15) is 4.31 Å². The van der Waals surface area contributed by atoms with E-state index in [9.17, 15) is 12.8 Å². The molecule has 0 amide bonds. The quantitative estimate of drug-likeness (QED) is 0.793. The van der Waals surface area contributed by atoms with Crippen molar-refractivity contribution in [2.45, 2.75) is 25.2 Å². The number of halogens is 1. The van der Waals surface area contributed by atoms with E-state index in [0.717, 1.165) is 6.54 Å². The predicted octanol–water partition coefficient (Wildman–Crippen LogP) is 1.37. The van der Waals surface area contributed by atoms with Crippen molar-refractivity contribution in [1.82, 2.24) is 19.4 Å². The molecule has 0 radical (unpaired) electrons. The van der Waals surface area contributed by atoms with Crippen LogP contribution in [0.15, 0.2) is 27.5 Å². The lowest BCUT2D eigenvalue weighted by molar-refractivity contribution is 0.186. The number of benzene rings is 1. The number of aromatic nitrogens is 2. The molecular formula is C16H21FN4O3S. The van der Waals surface area contributed by atoms with E-state index < -0.39 is 15.8 Å². The molecule has 1 aromatic carbocycles. The van der Waals surface area contributed by atoms with E-state index >= 15 is 0 Å². The maximum absolute atomic E-state index is 13.4. The van der Waals surface area contributed by atoms with E-state index in [2.05, 4.69) is 15.1 Å². The predicted molar refractivity (Wildman–Crippen MR) is 89.1 cm³/mol. The van der Waals surface area contributed by atoms with Gasteiger partial charge in [-0.15, -0.1) is 10.2 Å². The van der Waals surface area contributed by atoms with Gasteiger partial charge in [0.05, 0.1) is 4.90 Å². The lowest BCUT2D eigenvalue weighted by Crippen LogP contribution is -2.49. The highest BCUT2D eigenvalue weighted by Gasteiger charge is 2.28. The fraction of sp³-hybridized carbons (Fsp3) is 0.500. The average molecular weight is 368 g/mol. The van der Waals surface area contributed by atoms with Crippen molar-refractivity contribution < 1.29 is 17.2 Å². The average Bonchev–Trinajstić information content (AvgIpc) is 3.01. The van der Waals surface area contributed by atoms with E-state index in [4.69, 9.17) is 4.42 Å². The highest BCUT2D eigenvalue weighted by Crippen LogP contribution is 2.20. The van der Waals surface area contributed by atoms with E-state index in [1.54, 1.807) is 13.8 Å². The normalized spacial score (nSPS) is 17.1. The van der Waals surface area contributed by atoms with Crippen molar-refractivity contribution in [3.8, 4) is 0 Å². The number of nitrogens with zero attached hydrogens (tertiary/aromatic N) is 4. The number of aryl methyl sites for hydroxylation is 2. The molecule has 0 saturated carbocycles. The molecular weight excluding hydrogens is 347 g/mol. The van der Waals surface area contributed by atoms with Gasteiger partial charge in [0.1, 0.15) is 5.82 Å². The van der Waals surface area contributed by atoms with Crippen LogP contribution in [0.3, 0.4) is 0 Å². The maximum atomic E-state index is 13.4. The van der Waals surface area contributed by atoms with Gasteiger partial charge in [-0.25, -0.2) is 12.8 Å². The molecule has 0 spiro atoms. The molecule has 0 atom stereocenters. The minimum absolute atomic E-state index is 0.140. The molecule has 1 aliphatic heterocycles. The monoisotopic (exact) mass is 368 g/mol. The third-order valence-electron chi connectivity index (χ3n) is 4.31. The molecule has 1 aliphatic rings. The molecule has 0 unspecified atom stereocenters. The summed E-state index contributed by atoms with van der Waals surface area (Å²) in [5.41, 5.74) is 0.328. The van der Waals surface area contributed by atoms with Crippen LogP contribution in [0.4, 0.5) is 4.39 Å². The molecule has 9 heteroatoms. The fourth-order valence-corrected chi connectivity index (χ4v) is 4.32. The largest absolute Gasteiger partial charge is 0.426 e. The topological polar surface area (TPSA) is 79.5 Å². The van der Waals surface area contributed by atoms with E-state index in [1.165, 1.54) is 22.5 Å². The van der Waals surface area contributed by atoms with Crippen molar-refractivity contribution >= 4 is 10.0 Å². The van der Waals surface area contributed by atoms with Crippen LogP contribution < -0.4 is 0 Å². The summed E-state index contributed by atoms with van der Waals surface area (Å²) in [7, 11) is -3.59. The molecule has 0 bridgehead atoms. The number of hydrogen-bond donors (Lipinski definition) is 0. The molecule has 7 nitrogen and oxygen atoms in total. The second-order valence-electron chi connectivity index (χ2n) is 6.12. The van der Waals surface area contributed by atoms with Crippen LogP contribution >= 0.6 is 0 Å². The fourth-order valence-electron chi connectivity index (χ4n) is 2.81. The summed E-state index contributed by atoms with van der Waals surface area (Å²) in [6.07, 6.45) is 0.644. The molecule has 1 aromatic heterocycles. The Morgan fingerprint density at radius 3 is 2.48 bits per heavy atom. The molecule has 136 valence electrons. The Kier molecular flexibility index (Phi) is 5.16. The lowest BCUT2D eigenvalue weighted by atomic mass is 10.2. The Morgan fingerprint density at radius 1 is 1.16 bits per heavy atom. The Bertz CT molecular complexity index is 845. The van der Waals surface area contributed by atoms with Crippen molar-refractivity contribution in [2.24, 2.45) is 0 Å².